The van der Waals surface area contributed by atoms with E-state index in [4.69, 9.17) is 4.74 Å². The lowest BCUT2D eigenvalue weighted by molar-refractivity contribution is 0.0636. The Morgan fingerprint density at radius 1 is 1.16 bits per heavy atom. The molecule has 0 bridgehead atoms. The first-order chi connectivity index (χ1) is 8.70. The van der Waals surface area contributed by atoms with Crippen LogP contribution in [0.25, 0.3) is 0 Å². The molecule has 0 fully saturated rings. The molecule has 4 heteroatoms. The molecule has 0 aliphatic heterocycles. The van der Waals surface area contributed by atoms with Crippen molar-refractivity contribution in [2.75, 3.05) is 5.32 Å². The van der Waals surface area contributed by atoms with Crippen molar-refractivity contribution in [2.24, 2.45) is 5.92 Å². The second-order valence-corrected chi connectivity index (χ2v) is 5.69. The first-order valence-electron chi connectivity index (χ1n) is 6.34. The van der Waals surface area contributed by atoms with Crippen LogP contribution in [0.4, 0.5) is 10.5 Å². The van der Waals surface area contributed by atoms with E-state index < -0.39 is 11.7 Å². The second-order valence-electron chi connectivity index (χ2n) is 5.69. The van der Waals surface area contributed by atoms with E-state index in [-0.39, 0.29) is 11.7 Å². The third-order valence-corrected chi connectivity index (χ3v) is 2.35. The molecular formula is C15H21NO3. The zero-order valence-electron chi connectivity index (χ0n) is 12.1. The lowest BCUT2D eigenvalue weighted by Crippen LogP contribution is -2.28. The molecule has 0 spiro atoms. The summed E-state index contributed by atoms with van der Waals surface area (Å²) < 4.78 is 5.18. The summed E-state index contributed by atoms with van der Waals surface area (Å²) in [6, 6.07) is 6.94. The van der Waals surface area contributed by atoms with E-state index in [1.807, 2.05) is 13.8 Å². The number of carbonyl (C=O) groups excluding carboxylic acids is 2. The molecule has 19 heavy (non-hydrogen) atoms. The maximum Gasteiger partial charge on any atom is 0.412 e. The molecule has 0 aliphatic carbocycles. The summed E-state index contributed by atoms with van der Waals surface area (Å²) in [5.41, 5.74) is 0.417. The van der Waals surface area contributed by atoms with Crippen molar-refractivity contribution in [3.8, 4) is 0 Å². The Labute approximate surface area is 114 Å². The van der Waals surface area contributed by atoms with Gasteiger partial charge in [0.1, 0.15) is 5.60 Å². The molecule has 0 saturated carbocycles. The first-order valence-corrected chi connectivity index (χ1v) is 6.34. The minimum Gasteiger partial charge on any atom is -0.444 e. The largest absolute Gasteiger partial charge is 0.444 e. The van der Waals surface area contributed by atoms with Crippen molar-refractivity contribution in [1.82, 2.24) is 0 Å². The summed E-state index contributed by atoms with van der Waals surface area (Å²) in [5, 5.41) is 2.62. The lowest BCUT2D eigenvalue weighted by atomic mass is 9.99. The molecule has 0 heterocycles. The predicted octanol–water partition coefficient (Wildman–Crippen LogP) is 3.87. The topological polar surface area (TPSA) is 55.4 Å². The number of hydrogen-bond acceptors (Lipinski definition) is 3. The van der Waals surface area contributed by atoms with Crippen molar-refractivity contribution in [2.45, 2.75) is 40.2 Å². The van der Waals surface area contributed by atoms with Crippen LogP contribution in [-0.4, -0.2) is 17.5 Å². The number of carbonyl (C=O) groups is 2. The molecule has 104 valence electrons. The van der Waals surface area contributed by atoms with Crippen LogP contribution < -0.4 is 5.32 Å². The van der Waals surface area contributed by atoms with Crippen molar-refractivity contribution < 1.29 is 14.3 Å². The maximum absolute atomic E-state index is 12.0. The third-order valence-electron chi connectivity index (χ3n) is 2.35. The van der Waals surface area contributed by atoms with Gasteiger partial charge in [-0.2, -0.15) is 0 Å². The van der Waals surface area contributed by atoms with E-state index >= 15 is 0 Å². The highest BCUT2D eigenvalue weighted by Gasteiger charge is 2.19. The number of ether oxygens (including phenoxy) is 1. The van der Waals surface area contributed by atoms with Gasteiger partial charge in [0.25, 0.3) is 0 Å². The van der Waals surface area contributed by atoms with Gasteiger partial charge in [0.2, 0.25) is 0 Å². The van der Waals surface area contributed by atoms with E-state index in [9.17, 15) is 9.59 Å². The number of nitrogens with one attached hydrogen (secondary N) is 1. The van der Waals surface area contributed by atoms with Gasteiger partial charge in [0.15, 0.2) is 5.78 Å². The van der Waals surface area contributed by atoms with Gasteiger partial charge in [-0.1, -0.05) is 26.0 Å². The smallest absolute Gasteiger partial charge is 0.412 e. The number of para-hydroxylation sites is 1. The van der Waals surface area contributed by atoms with E-state index in [1.165, 1.54) is 0 Å². The fourth-order valence-electron chi connectivity index (χ4n) is 1.53. The summed E-state index contributed by atoms with van der Waals surface area (Å²) in [6.07, 6.45) is -0.559. The van der Waals surface area contributed by atoms with Crippen LogP contribution in [0.3, 0.4) is 0 Å². The van der Waals surface area contributed by atoms with E-state index in [0.717, 1.165) is 0 Å². The fourth-order valence-corrected chi connectivity index (χ4v) is 1.53. The monoisotopic (exact) mass is 263 g/mol. The second kappa shape index (κ2) is 5.87. The van der Waals surface area contributed by atoms with Gasteiger partial charge in [-0.3, -0.25) is 10.1 Å². The molecule has 0 aromatic heterocycles. The third kappa shape index (κ3) is 4.73. The molecular weight excluding hydrogens is 242 g/mol. The van der Waals surface area contributed by atoms with Crippen molar-refractivity contribution in [3.05, 3.63) is 29.8 Å². The van der Waals surface area contributed by atoms with Crippen LogP contribution in [0, 0.1) is 5.92 Å². The molecule has 0 unspecified atom stereocenters. The molecule has 1 rings (SSSR count). The zero-order chi connectivity index (χ0) is 14.6. The molecule has 1 amide bonds. The Balaban J connectivity index is 2.90. The Morgan fingerprint density at radius 2 is 1.74 bits per heavy atom. The van der Waals surface area contributed by atoms with Gasteiger partial charge in [-0.25, -0.2) is 4.79 Å². The SMILES string of the molecule is CC(C)C(=O)c1ccccc1NC(=O)OC(C)(C)C. The number of amides is 1. The average molecular weight is 263 g/mol. The molecule has 1 N–H and O–H groups in total. The molecule has 1 aromatic rings. The predicted molar refractivity (Wildman–Crippen MR) is 75.5 cm³/mol. The van der Waals surface area contributed by atoms with Gasteiger partial charge in [-0.05, 0) is 32.9 Å². The van der Waals surface area contributed by atoms with Gasteiger partial charge in [0.05, 0.1) is 5.69 Å². The molecule has 1 aromatic carbocycles. The number of benzene rings is 1. The van der Waals surface area contributed by atoms with Crippen molar-refractivity contribution >= 4 is 17.6 Å². The lowest BCUT2D eigenvalue weighted by Gasteiger charge is -2.20. The Hall–Kier alpha value is -1.84. The van der Waals surface area contributed by atoms with Gasteiger partial charge >= 0.3 is 6.09 Å². The molecule has 0 aliphatic rings. The average Bonchev–Trinajstić information content (AvgIpc) is 2.26. The molecule has 0 saturated heterocycles. The van der Waals surface area contributed by atoms with Crippen LogP contribution in [0.5, 0.6) is 0 Å². The normalized spacial score (nSPS) is 11.3. The number of ketones is 1. The highest BCUT2D eigenvalue weighted by atomic mass is 16.6. The summed E-state index contributed by atoms with van der Waals surface area (Å²) in [6.45, 7) is 9.02. The summed E-state index contributed by atoms with van der Waals surface area (Å²) in [5.74, 6) is -0.131. The van der Waals surface area contributed by atoms with Crippen molar-refractivity contribution in [3.63, 3.8) is 0 Å². The quantitative estimate of drug-likeness (QED) is 0.842. The Bertz CT molecular complexity index is 473. The van der Waals surface area contributed by atoms with E-state index in [2.05, 4.69) is 5.32 Å². The number of anilines is 1. The minimum absolute atomic E-state index is 0.00772. The van der Waals surface area contributed by atoms with Crippen LogP contribution in [-0.2, 0) is 4.74 Å². The van der Waals surface area contributed by atoms with Gasteiger partial charge in [0, 0.05) is 11.5 Å². The van der Waals surface area contributed by atoms with Crippen molar-refractivity contribution in [1.29, 1.82) is 0 Å². The summed E-state index contributed by atoms with van der Waals surface area (Å²) in [7, 11) is 0. The minimum atomic E-state index is -0.568. The molecule has 0 atom stereocenters. The first kappa shape index (κ1) is 15.2. The molecule has 4 nitrogen and oxygen atoms in total. The van der Waals surface area contributed by atoms with E-state index in [1.54, 1.807) is 45.0 Å². The Morgan fingerprint density at radius 3 is 2.26 bits per heavy atom. The fraction of sp³-hybridized carbons (Fsp3) is 0.467. The number of rotatable bonds is 3. The van der Waals surface area contributed by atoms with Crippen LogP contribution in [0.2, 0.25) is 0 Å². The van der Waals surface area contributed by atoms with Gasteiger partial charge in [-0.15, -0.1) is 0 Å². The van der Waals surface area contributed by atoms with Crippen LogP contribution in [0.1, 0.15) is 45.0 Å². The maximum atomic E-state index is 12.0. The summed E-state index contributed by atoms with van der Waals surface area (Å²) in [4.78, 5) is 23.8. The number of Topliss-reactive ketones (excluding diaryl/α,β-unsaturated/α-hetero) is 1. The highest BCUT2D eigenvalue weighted by molar-refractivity contribution is 6.04. The van der Waals surface area contributed by atoms with Crippen LogP contribution >= 0.6 is 0 Å². The zero-order valence-corrected chi connectivity index (χ0v) is 12.1. The van der Waals surface area contributed by atoms with Crippen LogP contribution in [0.15, 0.2) is 24.3 Å². The van der Waals surface area contributed by atoms with E-state index in [0.29, 0.717) is 11.3 Å². The Kier molecular flexibility index (Phi) is 4.70. The highest BCUT2D eigenvalue weighted by Crippen LogP contribution is 2.20. The number of hydrogen-bond donors (Lipinski definition) is 1. The molecule has 0 radical (unpaired) electrons. The van der Waals surface area contributed by atoms with Gasteiger partial charge < -0.3 is 4.74 Å². The standard InChI is InChI=1S/C15H21NO3/c1-10(2)13(17)11-8-6-7-9-12(11)16-14(18)19-15(3,4)5/h6-10H,1-5H3,(H,16,18). The summed E-state index contributed by atoms with van der Waals surface area (Å²) >= 11 is 0.